The maximum absolute atomic E-state index is 12.7. The Morgan fingerprint density at radius 3 is 2.57 bits per heavy atom. The van der Waals surface area contributed by atoms with Crippen molar-refractivity contribution in [3.63, 3.8) is 0 Å². The highest BCUT2D eigenvalue weighted by Crippen LogP contribution is 2.36. The largest absolute Gasteiger partial charge is 0.417 e. The van der Waals surface area contributed by atoms with Gasteiger partial charge in [-0.3, -0.25) is 4.79 Å². The molecule has 0 radical (unpaired) electrons. The van der Waals surface area contributed by atoms with Crippen molar-refractivity contribution in [1.29, 1.82) is 0 Å². The van der Waals surface area contributed by atoms with Crippen molar-refractivity contribution >= 4 is 29.0 Å². The van der Waals surface area contributed by atoms with E-state index in [9.17, 15) is 18.0 Å². The number of pyridine rings is 1. The molecule has 4 nitrogen and oxygen atoms in total. The second kappa shape index (κ2) is 5.61. The summed E-state index contributed by atoms with van der Waals surface area (Å²) in [4.78, 5) is 15.6. The minimum atomic E-state index is -4.60. The zero-order chi connectivity index (χ0) is 15.6. The zero-order valence-corrected chi connectivity index (χ0v) is 11.2. The number of nitrogens with zero attached hydrogens (tertiary/aromatic N) is 1. The molecular formula is C13H9ClF3N3O. The lowest BCUT2D eigenvalue weighted by atomic mass is 10.2. The highest BCUT2D eigenvalue weighted by Gasteiger charge is 2.33. The van der Waals surface area contributed by atoms with Gasteiger partial charge in [-0.15, -0.1) is 0 Å². The molecule has 0 bridgehead atoms. The molecule has 3 N–H and O–H groups in total. The number of nitrogens with two attached hydrogens (primary N) is 1. The van der Waals surface area contributed by atoms with Crippen LogP contribution < -0.4 is 11.1 Å². The number of benzene rings is 1. The lowest BCUT2D eigenvalue weighted by molar-refractivity contribution is -0.137. The SMILES string of the molecule is Nc1cccc(C(=O)Nc2ccc(Cl)c(C(F)(F)F)c2)n1. The Balaban J connectivity index is 2.26. The first kappa shape index (κ1) is 15.1. The molecule has 0 unspecified atom stereocenters. The van der Waals surface area contributed by atoms with Crippen molar-refractivity contribution in [2.75, 3.05) is 11.1 Å². The quantitative estimate of drug-likeness (QED) is 0.890. The fraction of sp³-hybridized carbons (Fsp3) is 0.0769. The Hall–Kier alpha value is -2.28. The van der Waals surface area contributed by atoms with Gasteiger partial charge in [0.2, 0.25) is 0 Å². The number of hydrogen-bond acceptors (Lipinski definition) is 3. The molecule has 0 atom stereocenters. The summed E-state index contributed by atoms with van der Waals surface area (Å²) in [5.41, 5.74) is 4.37. The van der Waals surface area contributed by atoms with Crippen LogP contribution in [0.1, 0.15) is 16.1 Å². The lowest BCUT2D eigenvalue weighted by Crippen LogP contribution is -2.15. The number of nitrogen functional groups attached to an aromatic ring is 1. The molecule has 1 aromatic heterocycles. The predicted molar refractivity (Wildman–Crippen MR) is 73.1 cm³/mol. The van der Waals surface area contributed by atoms with Crippen LogP contribution in [-0.4, -0.2) is 10.9 Å². The Kier molecular flexibility index (Phi) is 4.04. The van der Waals surface area contributed by atoms with Crippen molar-refractivity contribution in [3.8, 4) is 0 Å². The third kappa shape index (κ3) is 3.63. The average Bonchev–Trinajstić information content (AvgIpc) is 2.39. The fourth-order valence-electron chi connectivity index (χ4n) is 1.59. The van der Waals surface area contributed by atoms with Crippen LogP contribution in [0.2, 0.25) is 5.02 Å². The molecule has 2 rings (SSSR count). The maximum atomic E-state index is 12.7. The molecule has 21 heavy (non-hydrogen) atoms. The number of carbonyl (C=O) groups excluding carboxylic acids is 1. The molecule has 0 aliphatic heterocycles. The Labute approximate surface area is 122 Å². The van der Waals surface area contributed by atoms with Crippen LogP contribution in [0.15, 0.2) is 36.4 Å². The summed E-state index contributed by atoms with van der Waals surface area (Å²) in [6.45, 7) is 0. The molecule has 0 aliphatic carbocycles. The molecule has 1 aromatic carbocycles. The summed E-state index contributed by atoms with van der Waals surface area (Å²) in [6.07, 6.45) is -4.60. The van der Waals surface area contributed by atoms with Crippen LogP contribution in [-0.2, 0) is 6.18 Å². The van der Waals surface area contributed by atoms with Crippen molar-refractivity contribution in [3.05, 3.63) is 52.7 Å². The number of carbonyl (C=O) groups is 1. The smallest absolute Gasteiger partial charge is 0.384 e. The molecule has 110 valence electrons. The lowest BCUT2D eigenvalue weighted by Gasteiger charge is -2.11. The van der Waals surface area contributed by atoms with Gasteiger partial charge in [-0.25, -0.2) is 4.98 Å². The highest BCUT2D eigenvalue weighted by atomic mass is 35.5. The summed E-state index contributed by atoms with van der Waals surface area (Å²) < 4.78 is 38.1. The second-order valence-electron chi connectivity index (χ2n) is 4.09. The monoisotopic (exact) mass is 315 g/mol. The van der Waals surface area contributed by atoms with Gasteiger partial charge in [0, 0.05) is 5.69 Å². The van der Waals surface area contributed by atoms with E-state index >= 15 is 0 Å². The number of hydrogen-bond donors (Lipinski definition) is 2. The van der Waals surface area contributed by atoms with Gasteiger partial charge in [0.15, 0.2) is 0 Å². The van der Waals surface area contributed by atoms with Crippen LogP contribution >= 0.6 is 11.6 Å². The van der Waals surface area contributed by atoms with E-state index in [0.717, 1.165) is 12.1 Å². The van der Waals surface area contributed by atoms with E-state index in [-0.39, 0.29) is 17.2 Å². The first-order chi connectivity index (χ1) is 9.77. The number of anilines is 2. The molecule has 1 heterocycles. The molecular weight excluding hydrogens is 307 g/mol. The number of alkyl halides is 3. The number of amides is 1. The van der Waals surface area contributed by atoms with Crippen LogP contribution in [0.4, 0.5) is 24.7 Å². The minimum absolute atomic E-state index is 0.00138. The van der Waals surface area contributed by atoms with Crippen molar-refractivity contribution in [2.45, 2.75) is 6.18 Å². The van der Waals surface area contributed by atoms with E-state index in [1.54, 1.807) is 0 Å². The predicted octanol–water partition coefficient (Wildman–Crippen LogP) is 3.59. The van der Waals surface area contributed by atoms with Gasteiger partial charge >= 0.3 is 6.18 Å². The fourth-order valence-corrected chi connectivity index (χ4v) is 1.82. The molecule has 0 fully saturated rings. The molecule has 1 amide bonds. The van der Waals surface area contributed by atoms with E-state index < -0.39 is 22.7 Å². The van der Waals surface area contributed by atoms with Crippen LogP contribution in [0.25, 0.3) is 0 Å². The van der Waals surface area contributed by atoms with E-state index in [1.165, 1.54) is 24.3 Å². The van der Waals surface area contributed by atoms with Crippen LogP contribution in [0, 0.1) is 0 Å². The first-order valence-electron chi connectivity index (χ1n) is 5.68. The summed E-state index contributed by atoms with van der Waals surface area (Å²) in [6, 6.07) is 7.48. The average molecular weight is 316 g/mol. The minimum Gasteiger partial charge on any atom is -0.384 e. The highest BCUT2D eigenvalue weighted by molar-refractivity contribution is 6.31. The van der Waals surface area contributed by atoms with Gasteiger partial charge in [0.1, 0.15) is 11.5 Å². The van der Waals surface area contributed by atoms with E-state index in [1.807, 2.05) is 0 Å². The van der Waals surface area contributed by atoms with Gasteiger partial charge in [0.05, 0.1) is 10.6 Å². The van der Waals surface area contributed by atoms with Crippen molar-refractivity contribution in [1.82, 2.24) is 4.98 Å². The Morgan fingerprint density at radius 2 is 1.95 bits per heavy atom. The van der Waals surface area contributed by atoms with Crippen molar-refractivity contribution < 1.29 is 18.0 Å². The normalized spacial score (nSPS) is 11.2. The summed E-state index contributed by atoms with van der Waals surface area (Å²) in [5.74, 6) is -0.535. The van der Waals surface area contributed by atoms with Crippen molar-refractivity contribution in [2.24, 2.45) is 0 Å². The molecule has 0 saturated heterocycles. The summed E-state index contributed by atoms with van der Waals surface area (Å²) in [5, 5.41) is 1.87. The third-order valence-corrected chi connectivity index (χ3v) is 2.86. The van der Waals surface area contributed by atoms with E-state index in [4.69, 9.17) is 17.3 Å². The second-order valence-corrected chi connectivity index (χ2v) is 4.50. The van der Waals surface area contributed by atoms with Gasteiger partial charge in [-0.2, -0.15) is 13.2 Å². The zero-order valence-electron chi connectivity index (χ0n) is 10.4. The number of nitrogens with one attached hydrogen (secondary N) is 1. The number of halogens is 4. The van der Waals surface area contributed by atoms with Gasteiger partial charge in [-0.05, 0) is 30.3 Å². The third-order valence-electron chi connectivity index (χ3n) is 2.53. The van der Waals surface area contributed by atoms with Gasteiger partial charge in [-0.1, -0.05) is 17.7 Å². The molecule has 0 aliphatic rings. The van der Waals surface area contributed by atoms with E-state index in [2.05, 4.69) is 10.3 Å². The standard InChI is InChI=1S/C13H9ClF3N3O/c14-9-5-4-7(6-8(9)13(15,16)17)19-12(21)10-2-1-3-11(18)20-10/h1-6H,(H2,18,20)(H,19,21). The van der Waals surface area contributed by atoms with Crippen LogP contribution in [0.5, 0.6) is 0 Å². The van der Waals surface area contributed by atoms with Crippen LogP contribution in [0.3, 0.4) is 0 Å². The maximum Gasteiger partial charge on any atom is 0.417 e. The number of aromatic nitrogens is 1. The molecule has 2 aromatic rings. The van der Waals surface area contributed by atoms with Gasteiger partial charge in [0.25, 0.3) is 5.91 Å². The Morgan fingerprint density at radius 1 is 1.24 bits per heavy atom. The van der Waals surface area contributed by atoms with E-state index in [0.29, 0.717) is 0 Å². The molecule has 0 saturated carbocycles. The number of rotatable bonds is 2. The molecule has 8 heteroatoms. The summed E-state index contributed by atoms with van der Waals surface area (Å²) in [7, 11) is 0. The van der Waals surface area contributed by atoms with Gasteiger partial charge < -0.3 is 11.1 Å². The summed E-state index contributed by atoms with van der Waals surface area (Å²) >= 11 is 5.49. The topological polar surface area (TPSA) is 68.0 Å². The molecule has 0 spiro atoms. The first-order valence-corrected chi connectivity index (χ1v) is 6.06. The Bertz CT molecular complexity index is 689.